The van der Waals surface area contributed by atoms with Crippen LogP contribution in [0.4, 0.5) is 5.69 Å². The van der Waals surface area contributed by atoms with E-state index >= 15 is 0 Å². The first-order valence-corrected chi connectivity index (χ1v) is 7.98. The Hall–Kier alpha value is -2.03. The van der Waals surface area contributed by atoms with Gasteiger partial charge in [0.05, 0.1) is 11.8 Å². The minimum Gasteiger partial charge on any atom is -0.455 e. The van der Waals surface area contributed by atoms with Crippen molar-refractivity contribution >= 4 is 13.2 Å². The number of hydrogen-bond acceptors (Lipinski definition) is 2. The van der Waals surface area contributed by atoms with Crippen molar-refractivity contribution < 1.29 is 14.2 Å². The molecule has 5 heteroatoms. The second-order valence-electron chi connectivity index (χ2n) is 4.20. The van der Waals surface area contributed by atoms with Gasteiger partial charge >= 0.3 is 0 Å². The van der Waals surface area contributed by atoms with E-state index in [1.54, 1.807) is 24.3 Å². The molecule has 0 radical (unpaired) electrons. The fraction of sp³-hybridized carbons (Fsp3) is 0.0667. The summed E-state index contributed by atoms with van der Waals surface area (Å²) in [5.41, 5.74) is 0.476. The summed E-state index contributed by atoms with van der Waals surface area (Å²) in [6.07, 6.45) is 1.40. The Kier molecular flexibility index (Phi) is 4.61. The van der Waals surface area contributed by atoms with Gasteiger partial charge in [-0.2, -0.15) is 0 Å². The van der Waals surface area contributed by atoms with Crippen molar-refractivity contribution in [3.8, 4) is 11.5 Å². The van der Waals surface area contributed by atoms with Crippen LogP contribution in [-0.4, -0.2) is 11.1 Å². The van der Waals surface area contributed by atoms with E-state index < -0.39 is 7.52 Å². The lowest BCUT2D eigenvalue weighted by molar-refractivity contribution is 0.478. The molecule has 2 aromatic rings. The lowest BCUT2D eigenvalue weighted by Crippen LogP contribution is -2.00. The lowest BCUT2D eigenvalue weighted by atomic mass is 10.3. The molecule has 0 amide bonds. The van der Waals surface area contributed by atoms with Gasteiger partial charge < -0.3 is 14.7 Å². The van der Waals surface area contributed by atoms with E-state index in [-0.39, 0.29) is 6.16 Å². The predicted octanol–water partition coefficient (Wildman–Crippen LogP) is 4.26. The highest BCUT2D eigenvalue weighted by molar-refractivity contribution is 7.59. The first-order valence-electron chi connectivity index (χ1n) is 6.14. The Bertz CT molecular complexity index is 628. The van der Waals surface area contributed by atoms with Gasteiger partial charge in [-0.15, -0.1) is 6.58 Å². The Balaban J connectivity index is 2.22. The third-order valence-corrected chi connectivity index (χ3v) is 3.87. The van der Waals surface area contributed by atoms with Gasteiger partial charge in [-0.25, -0.2) is 0 Å². The molecule has 0 aliphatic rings. The molecule has 0 saturated carbocycles. The Morgan fingerprint density at radius 2 is 1.80 bits per heavy atom. The normalized spacial score (nSPS) is 13.2. The van der Waals surface area contributed by atoms with E-state index in [0.717, 1.165) is 0 Å². The van der Waals surface area contributed by atoms with Crippen LogP contribution in [0.15, 0.2) is 67.3 Å². The molecule has 1 atom stereocenters. The van der Waals surface area contributed by atoms with Crippen molar-refractivity contribution in [3.05, 3.63) is 67.3 Å². The van der Waals surface area contributed by atoms with Crippen molar-refractivity contribution in [3.63, 3.8) is 0 Å². The molecular formula is C15H16NO3P. The molecule has 0 saturated heterocycles. The standard InChI is InChI=1S/C15H16NO3P/c1-2-12-20(17,18)16-14-10-6-7-11-15(14)19-13-8-4-3-5-9-13/h2-11H,1,12H2,(H2,16,17,18). The Morgan fingerprint density at radius 1 is 1.15 bits per heavy atom. The summed E-state index contributed by atoms with van der Waals surface area (Å²) in [6.45, 7) is 3.47. The van der Waals surface area contributed by atoms with Crippen LogP contribution in [0.5, 0.6) is 11.5 Å². The predicted molar refractivity (Wildman–Crippen MR) is 81.5 cm³/mol. The lowest BCUT2D eigenvalue weighted by Gasteiger charge is -2.16. The zero-order chi connectivity index (χ0) is 14.4. The third kappa shape index (κ3) is 3.98. The minimum absolute atomic E-state index is 0.00727. The van der Waals surface area contributed by atoms with Gasteiger partial charge in [-0.1, -0.05) is 36.4 Å². The van der Waals surface area contributed by atoms with Crippen molar-refractivity contribution in [1.29, 1.82) is 0 Å². The van der Waals surface area contributed by atoms with Crippen LogP contribution in [0.2, 0.25) is 0 Å². The first kappa shape index (κ1) is 14.4. The maximum absolute atomic E-state index is 11.9. The van der Waals surface area contributed by atoms with E-state index in [4.69, 9.17) is 4.74 Å². The zero-order valence-electron chi connectivity index (χ0n) is 10.9. The van der Waals surface area contributed by atoms with Gasteiger partial charge in [-0.05, 0) is 24.3 Å². The summed E-state index contributed by atoms with van der Waals surface area (Å²) >= 11 is 0. The van der Waals surface area contributed by atoms with Crippen molar-refractivity contribution in [2.24, 2.45) is 0 Å². The topological polar surface area (TPSA) is 58.6 Å². The minimum atomic E-state index is -3.49. The quantitative estimate of drug-likeness (QED) is 0.616. The van der Waals surface area contributed by atoms with Crippen LogP contribution in [0.3, 0.4) is 0 Å². The van der Waals surface area contributed by atoms with Gasteiger partial charge in [0.2, 0.25) is 0 Å². The summed E-state index contributed by atoms with van der Waals surface area (Å²) in [5, 5.41) is 2.62. The number of hydrogen-bond donors (Lipinski definition) is 2. The molecular weight excluding hydrogens is 273 g/mol. The van der Waals surface area contributed by atoms with Crippen LogP contribution >= 0.6 is 7.52 Å². The van der Waals surface area contributed by atoms with E-state index in [0.29, 0.717) is 17.2 Å². The number of para-hydroxylation sites is 3. The fourth-order valence-corrected chi connectivity index (χ4v) is 2.67. The van der Waals surface area contributed by atoms with Gasteiger partial charge in [0.15, 0.2) is 5.75 Å². The monoisotopic (exact) mass is 289 g/mol. The largest absolute Gasteiger partial charge is 0.455 e. The summed E-state index contributed by atoms with van der Waals surface area (Å²) in [6, 6.07) is 16.3. The highest BCUT2D eigenvalue weighted by Gasteiger charge is 2.17. The van der Waals surface area contributed by atoms with Crippen LogP contribution in [0.1, 0.15) is 0 Å². The molecule has 0 bridgehead atoms. The summed E-state index contributed by atoms with van der Waals surface area (Å²) in [7, 11) is -3.49. The van der Waals surface area contributed by atoms with Crippen molar-refractivity contribution in [2.75, 3.05) is 11.2 Å². The second-order valence-corrected chi connectivity index (χ2v) is 6.19. The average Bonchev–Trinajstić information content (AvgIpc) is 2.42. The molecule has 0 aromatic heterocycles. The van der Waals surface area contributed by atoms with Crippen molar-refractivity contribution in [1.82, 2.24) is 0 Å². The number of anilines is 1. The maximum atomic E-state index is 11.9. The third-order valence-electron chi connectivity index (χ3n) is 2.53. The highest BCUT2D eigenvalue weighted by atomic mass is 31.2. The zero-order valence-corrected chi connectivity index (χ0v) is 11.8. The molecule has 104 valence electrons. The molecule has 0 aliphatic heterocycles. The molecule has 2 aromatic carbocycles. The molecule has 0 fully saturated rings. The summed E-state index contributed by atoms with van der Waals surface area (Å²) < 4.78 is 17.6. The molecule has 2 N–H and O–H groups in total. The van der Waals surface area contributed by atoms with E-state index in [2.05, 4.69) is 11.7 Å². The highest BCUT2D eigenvalue weighted by Crippen LogP contribution is 2.43. The van der Waals surface area contributed by atoms with E-state index in [1.165, 1.54) is 6.08 Å². The number of benzene rings is 2. The Morgan fingerprint density at radius 3 is 2.50 bits per heavy atom. The van der Waals surface area contributed by atoms with Crippen molar-refractivity contribution in [2.45, 2.75) is 0 Å². The molecule has 0 heterocycles. The first-order chi connectivity index (χ1) is 9.61. The summed E-state index contributed by atoms with van der Waals surface area (Å²) in [4.78, 5) is 9.78. The van der Waals surface area contributed by atoms with Crippen LogP contribution in [0.25, 0.3) is 0 Å². The summed E-state index contributed by atoms with van der Waals surface area (Å²) in [5.74, 6) is 1.16. The fourth-order valence-electron chi connectivity index (χ4n) is 1.67. The molecule has 0 spiro atoms. The maximum Gasteiger partial charge on any atom is 0.295 e. The van der Waals surface area contributed by atoms with Gasteiger partial charge in [0, 0.05) is 0 Å². The number of allylic oxidation sites excluding steroid dienone is 1. The van der Waals surface area contributed by atoms with E-state index in [9.17, 15) is 9.46 Å². The molecule has 4 nitrogen and oxygen atoms in total. The second kappa shape index (κ2) is 6.42. The SMILES string of the molecule is C=CCP(=O)(O)Nc1ccccc1Oc1ccccc1. The average molecular weight is 289 g/mol. The number of ether oxygens (including phenoxy) is 1. The number of nitrogens with one attached hydrogen (secondary N) is 1. The van der Waals surface area contributed by atoms with Gasteiger partial charge in [-0.3, -0.25) is 4.57 Å². The van der Waals surface area contributed by atoms with Gasteiger partial charge in [0.25, 0.3) is 7.52 Å². The molecule has 2 rings (SSSR count). The molecule has 0 aliphatic carbocycles. The number of rotatable bonds is 6. The molecule has 20 heavy (non-hydrogen) atoms. The van der Waals surface area contributed by atoms with Crippen LogP contribution in [-0.2, 0) is 4.57 Å². The van der Waals surface area contributed by atoms with E-state index in [1.807, 2.05) is 30.3 Å². The van der Waals surface area contributed by atoms with Crippen LogP contribution < -0.4 is 9.82 Å². The smallest absolute Gasteiger partial charge is 0.295 e. The van der Waals surface area contributed by atoms with Gasteiger partial charge in [0.1, 0.15) is 5.75 Å². The molecule has 1 unspecified atom stereocenters. The van der Waals surface area contributed by atoms with Crippen LogP contribution in [0, 0.1) is 0 Å². The Labute approximate surface area is 118 Å².